The van der Waals surface area contributed by atoms with Crippen molar-refractivity contribution in [2.24, 2.45) is 0 Å². The molecule has 0 aromatic heterocycles. The van der Waals surface area contributed by atoms with Gasteiger partial charge in [-0.3, -0.25) is 0 Å². The molecule has 0 saturated heterocycles. The lowest BCUT2D eigenvalue weighted by molar-refractivity contribution is -0.133. The van der Waals surface area contributed by atoms with Crippen LogP contribution in [-0.2, 0) is 9.59 Å². The molecule has 15 heavy (non-hydrogen) atoms. The van der Waals surface area contributed by atoms with Crippen LogP contribution in [0.2, 0.25) is 0 Å². The number of hydrogen-bond acceptors (Lipinski definition) is 4. The molecule has 0 unspecified atom stereocenters. The first-order chi connectivity index (χ1) is 6.95. The topological polar surface area (TPSA) is 122 Å². The second kappa shape index (κ2) is 9.49. The molecule has 0 heterocycles. The predicted molar refractivity (Wildman–Crippen MR) is 49.4 cm³/mol. The van der Waals surface area contributed by atoms with E-state index < -0.39 is 11.9 Å². The van der Waals surface area contributed by atoms with Crippen LogP contribution in [0.5, 0.6) is 0 Å². The van der Waals surface area contributed by atoms with Crippen LogP contribution in [0.15, 0.2) is 23.8 Å². The second-order valence-corrected chi connectivity index (χ2v) is 2.06. The van der Waals surface area contributed by atoms with Gasteiger partial charge >= 0.3 is 11.9 Å². The number of rotatable bonds is 2. The number of aliphatic carboxylic acids is 2. The number of carbonyl (C=O) groups is 2. The molecule has 0 aliphatic carbocycles. The minimum atomic E-state index is -1.10. The van der Waals surface area contributed by atoms with Gasteiger partial charge in [0.15, 0.2) is 0 Å². The van der Waals surface area contributed by atoms with Crippen molar-refractivity contribution in [3.8, 4) is 12.1 Å². The molecule has 0 rings (SSSR count). The van der Waals surface area contributed by atoms with Gasteiger partial charge in [-0.05, 0) is 6.92 Å². The number of hydrogen-bond donors (Lipinski definition) is 2. The molecule has 0 bridgehead atoms. The van der Waals surface area contributed by atoms with E-state index in [1.54, 1.807) is 6.07 Å². The van der Waals surface area contributed by atoms with E-state index in [2.05, 4.69) is 0 Å². The Bertz CT molecular complexity index is 369. The van der Waals surface area contributed by atoms with Crippen LogP contribution in [0.3, 0.4) is 0 Å². The molecule has 0 aliphatic heterocycles. The van der Waals surface area contributed by atoms with Gasteiger partial charge in [0.05, 0.1) is 12.1 Å². The third-order valence-corrected chi connectivity index (χ3v) is 0.919. The van der Waals surface area contributed by atoms with Crippen LogP contribution in [0.1, 0.15) is 6.92 Å². The lowest BCUT2D eigenvalue weighted by atomic mass is 10.3. The number of nitrogens with zero attached hydrogens (tertiary/aromatic N) is 2. The Kier molecular flexibility index (Phi) is 9.42. The van der Waals surface area contributed by atoms with Crippen LogP contribution < -0.4 is 0 Å². The average Bonchev–Trinajstić information content (AvgIpc) is 2.16. The molecule has 78 valence electrons. The average molecular weight is 208 g/mol. The predicted octanol–water partition coefficient (Wildman–Crippen LogP) is 0.692. The molecule has 0 aliphatic rings. The van der Waals surface area contributed by atoms with Gasteiger partial charge in [-0.15, -0.1) is 0 Å². The van der Waals surface area contributed by atoms with Crippen LogP contribution in [-0.4, -0.2) is 22.2 Å². The van der Waals surface area contributed by atoms with E-state index in [0.29, 0.717) is 0 Å². The van der Waals surface area contributed by atoms with Crippen molar-refractivity contribution >= 4 is 11.9 Å². The zero-order chi connectivity index (χ0) is 12.3. The Morgan fingerprint density at radius 1 is 1.20 bits per heavy atom. The largest absolute Gasteiger partial charge is 0.478 e. The number of nitriles is 2. The maximum atomic E-state index is 9.87. The lowest BCUT2D eigenvalue weighted by Crippen LogP contribution is -1.94. The molecule has 0 spiro atoms. The normalized spacial score (nSPS) is 9.40. The van der Waals surface area contributed by atoms with Gasteiger partial charge in [-0.25, -0.2) is 9.59 Å². The number of allylic oxidation sites excluding steroid dienone is 2. The first-order valence-corrected chi connectivity index (χ1v) is 3.54. The van der Waals surface area contributed by atoms with Crippen molar-refractivity contribution in [2.75, 3.05) is 0 Å². The summed E-state index contributed by atoms with van der Waals surface area (Å²) >= 11 is 0. The van der Waals surface area contributed by atoms with Crippen molar-refractivity contribution in [1.82, 2.24) is 0 Å². The lowest BCUT2D eigenvalue weighted by Gasteiger charge is -1.82. The van der Waals surface area contributed by atoms with E-state index in [-0.39, 0.29) is 5.57 Å². The van der Waals surface area contributed by atoms with Gasteiger partial charge in [-0.1, -0.05) is 0 Å². The van der Waals surface area contributed by atoms with Crippen LogP contribution in [0.4, 0.5) is 0 Å². The molecule has 0 fully saturated rings. The van der Waals surface area contributed by atoms with Crippen molar-refractivity contribution in [2.45, 2.75) is 6.92 Å². The maximum absolute atomic E-state index is 9.87. The SMILES string of the molecule is CC(=CC#N)C(=O)O.N#CC=CC(=O)O. The molecule has 2 N–H and O–H groups in total. The Morgan fingerprint density at radius 3 is 1.87 bits per heavy atom. The highest BCUT2D eigenvalue weighted by molar-refractivity contribution is 5.86. The highest BCUT2D eigenvalue weighted by atomic mass is 16.4. The summed E-state index contributed by atoms with van der Waals surface area (Å²) in [5.41, 5.74) is 0.0625. The summed E-state index contributed by atoms with van der Waals surface area (Å²) in [6, 6.07) is 3.14. The fraction of sp³-hybridized carbons (Fsp3) is 0.111. The minimum absolute atomic E-state index is 0.0625. The van der Waals surface area contributed by atoms with E-state index in [4.69, 9.17) is 20.7 Å². The molecular formula is C9H8N2O4. The smallest absolute Gasteiger partial charge is 0.331 e. The van der Waals surface area contributed by atoms with Crippen molar-refractivity contribution in [3.05, 3.63) is 23.8 Å². The van der Waals surface area contributed by atoms with E-state index >= 15 is 0 Å². The summed E-state index contributed by atoms with van der Waals surface area (Å²) in [6.07, 6.45) is 2.67. The molecule has 0 radical (unpaired) electrons. The van der Waals surface area contributed by atoms with Crippen molar-refractivity contribution in [1.29, 1.82) is 10.5 Å². The summed E-state index contributed by atoms with van der Waals surface area (Å²) in [5.74, 6) is -2.15. The highest BCUT2D eigenvalue weighted by Gasteiger charge is 1.95. The zero-order valence-corrected chi connectivity index (χ0v) is 7.84. The molecular weight excluding hydrogens is 200 g/mol. The highest BCUT2D eigenvalue weighted by Crippen LogP contribution is 1.88. The fourth-order valence-electron chi connectivity index (χ4n) is 0.267. The van der Waals surface area contributed by atoms with Gasteiger partial charge in [0.25, 0.3) is 0 Å². The van der Waals surface area contributed by atoms with Crippen molar-refractivity contribution in [3.63, 3.8) is 0 Å². The van der Waals surface area contributed by atoms with E-state index in [9.17, 15) is 9.59 Å². The summed E-state index contributed by atoms with van der Waals surface area (Å²) in [4.78, 5) is 19.4. The summed E-state index contributed by atoms with van der Waals surface area (Å²) < 4.78 is 0. The first-order valence-electron chi connectivity index (χ1n) is 3.54. The van der Waals surface area contributed by atoms with Gasteiger partial charge in [0.1, 0.15) is 0 Å². The van der Waals surface area contributed by atoms with Gasteiger partial charge in [0.2, 0.25) is 0 Å². The van der Waals surface area contributed by atoms with E-state index in [1.165, 1.54) is 13.0 Å². The molecule has 0 aromatic rings. The van der Waals surface area contributed by atoms with Crippen LogP contribution >= 0.6 is 0 Å². The van der Waals surface area contributed by atoms with Gasteiger partial charge in [0, 0.05) is 23.8 Å². The Balaban J connectivity index is 0. The molecule has 0 saturated carbocycles. The molecule has 6 nitrogen and oxygen atoms in total. The van der Waals surface area contributed by atoms with Crippen LogP contribution in [0.25, 0.3) is 0 Å². The summed E-state index contributed by atoms with van der Waals surface area (Å²) in [5, 5.41) is 31.5. The molecule has 6 heteroatoms. The van der Waals surface area contributed by atoms with E-state index in [0.717, 1.165) is 18.2 Å². The minimum Gasteiger partial charge on any atom is -0.478 e. The zero-order valence-electron chi connectivity index (χ0n) is 7.84. The fourth-order valence-corrected chi connectivity index (χ4v) is 0.267. The Morgan fingerprint density at radius 2 is 1.73 bits per heavy atom. The third-order valence-electron chi connectivity index (χ3n) is 0.919. The monoisotopic (exact) mass is 208 g/mol. The summed E-state index contributed by atoms with van der Waals surface area (Å²) in [7, 11) is 0. The number of carboxylic acid groups (broad SMARTS) is 2. The quantitative estimate of drug-likeness (QED) is 0.508. The van der Waals surface area contributed by atoms with Gasteiger partial charge < -0.3 is 10.2 Å². The molecule has 0 amide bonds. The molecule has 0 atom stereocenters. The standard InChI is InChI=1S/C5H5NO2.C4H3NO2/c1-4(2-3-6)5(7)8;5-3-1-2-4(6)7/h2H,1H3,(H,7,8);1-2H,(H,6,7). The molecule has 0 aromatic carbocycles. The van der Waals surface area contributed by atoms with Gasteiger partial charge in [-0.2, -0.15) is 10.5 Å². The van der Waals surface area contributed by atoms with Crippen molar-refractivity contribution < 1.29 is 19.8 Å². The Labute approximate surface area is 86.0 Å². The second-order valence-electron chi connectivity index (χ2n) is 2.06. The first kappa shape index (κ1) is 14.9. The third kappa shape index (κ3) is 14.3. The van der Waals surface area contributed by atoms with E-state index in [1.807, 2.05) is 0 Å². The summed E-state index contributed by atoms with van der Waals surface area (Å²) in [6.45, 7) is 1.37. The van der Waals surface area contributed by atoms with Crippen LogP contribution in [0, 0.1) is 22.7 Å². The maximum Gasteiger partial charge on any atom is 0.331 e. The number of carboxylic acids is 2. The Hall–Kier alpha value is -2.60.